The molecule has 15 heavy (non-hydrogen) atoms. The molecular formula is C10H9BrN2OS. The molecule has 78 valence electrons. The number of aromatic nitrogens is 2. The molecule has 2 rings (SSSR count). The van der Waals surface area contributed by atoms with Crippen LogP contribution in [0.1, 0.15) is 9.88 Å². The van der Waals surface area contributed by atoms with E-state index in [2.05, 4.69) is 25.9 Å². The first kappa shape index (κ1) is 10.6. The van der Waals surface area contributed by atoms with Crippen molar-refractivity contribution in [1.29, 1.82) is 0 Å². The third-order valence-corrected chi connectivity index (χ3v) is 3.11. The van der Waals surface area contributed by atoms with Gasteiger partial charge in [0, 0.05) is 6.20 Å². The predicted molar refractivity (Wildman–Crippen MR) is 63.1 cm³/mol. The lowest BCUT2D eigenvalue weighted by molar-refractivity contribution is 0.308. The normalized spacial score (nSPS) is 10.3. The summed E-state index contributed by atoms with van der Waals surface area (Å²) in [6.45, 7) is 2.53. The molecule has 0 unspecified atom stereocenters. The van der Waals surface area contributed by atoms with Gasteiger partial charge in [-0.2, -0.15) is 0 Å². The zero-order valence-electron chi connectivity index (χ0n) is 8.11. The summed E-state index contributed by atoms with van der Waals surface area (Å²) in [6.07, 6.45) is 3.53. The van der Waals surface area contributed by atoms with Crippen molar-refractivity contribution < 1.29 is 4.74 Å². The average molecular weight is 285 g/mol. The van der Waals surface area contributed by atoms with E-state index in [1.54, 1.807) is 17.5 Å². The van der Waals surface area contributed by atoms with Gasteiger partial charge in [-0.05, 0) is 35.0 Å². The number of ether oxygens (including phenoxy) is 1. The SMILES string of the molecule is Cc1ncc(COc2ccc(Br)nc2)s1. The smallest absolute Gasteiger partial charge is 0.138 e. The topological polar surface area (TPSA) is 35.0 Å². The Morgan fingerprint density at radius 1 is 1.33 bits per heavy atom. The summed E-state index contributed by atoms with van der Waals surface area (Å²) < 4.78 is 6.36. The van der Waals surface area contributed by atoms with Crippen LogP contribution in [0.4, 0.5) is 0 Å². The average Bonchev–Trinajstić information content (AvgIpc) is 2.64. The molecule has 2 heterocycles. The minimum absolute atomic E-state index is 0.550. The molecule has 0 amide bonds. The Morgan fingerprint density at radius 2 is 2.20 bits per heavy atom. The van der Waals surface area contributed by atoms with Crippen LogP contribution in [0, 0.1) is 6.92 Å². The van der Waals surface area contributed by atoms with Crippen molar-refractivity contribution in [3.63, 3.8) is 0 Å². The van der Waals surface area contributed by atoms with Gasteiger partial charge >= 0.3 is 0 Å². The lowest BCUT2D eigenvalue weighted by Gasteiger charge is -2.02. The summed E-state index contributed by atoms with van der Waals surface area (Å²) in [4.78, 5) is 9.36. The van der Waals surface area contributed by atoms with Crippen molar-refractivity contribution in [2.75, 3.05) is 0 Å². The molecule has 5 heteroatoms. The van der Waals surface area contributed by atoms with Crippen molar-refractivity contribution in [2.45, 2.75) is 13.5 Å². The second kappa shape index (κ2) is 4.72. The van der Waals surface area contributed by atoms with E-state index in [1.165, 1.54) is 0 Å². The number of hydrogen-bond donors (Lipinski definition) is 0. The van der Waals surface area contributed by atoms with E-state index in [-0.39, 0.29) is 0 Å². The Bertz CT molecular complexity index is 441. The van der Waals surface area contributed by atoms with E-state index in [1.807, 2.05) is 25.3 Å². The van der Waals surface area contributed by atoms with Crippen molar-refractivity contribution >= 4 is 27.3 Å². The van der Waals surface area contributed by atoms with Crippen LogP contribution in [0.5, 0.6) is 5.75 Å². The fourth-order valence-electron chi connectivity index (χ4n) is 1.07. The van der Waals surface area contributed by atoms with Gasteiger partial charge in [0.05, 0.1) is 16.1 Å². The van der Waals surface area contributed by atoms with Crippen LogP contribution in [0.25, 0.3) is 0 Å². The molecule has 0 bridgehead atoms. The molecular weight excluding hydrogens is 276 g/mol. The van der Waals surface area contributed by atoms with E-state index >= 15 is 0 Å². The number of aryl methyl sites for hydroxylation is 1. The second-order valence-electron chi connectivity index (χ2n) is 2.95. The Kier molecular flexibility index (Phi) is 3.33. The van der Waals surface area contributed by atoms with Gasteiger partial charge in [-0.25, -0.2) is 9.97 Å². The molecule has 0 saturated carbocycles. The Labute approximate surface area is 100 Å². The Morgan fingerprint density at radius 3 is 2.80 bits per heavy atom. The van der Waals surface area contributed by atoms with E-state index in [0.717, 1.165) is 20.2 Å². The van der Waals surface area contributed by atoms with E-state index in [4.69, 9.17) is 4.74 Å². The molecule has 0 N–H and O–H groups in total. The molecule has 0 aliphatic rings. The molecule has 0 aromatic carbocycles. The maximum Gasteiger partial charge on any atom is 0.138 e. The first-order valence-electron chi connectivity index (χ1n) is 4.40. The van der Waals surface area contributed by atoms with Gasteiger partial charge in [-0.3, -0.25) is 0 Å². The van der Waals surface area contributed by atoms with Crippen LogP contribution in [0.3, 0.4) is 0 Å². The van der Waals surface area contributed by atoms with Gasteiger partial charge in [0.2, 0.25) is 0 Å². The maximum atomic E-state index is 5.55. The summed E-state index contributed by atoms with van der Waals surface area (Å²) in [7, 11) is 0. The molecule has 0 radical (unpaired) electrons. The summed E-state index contributed by atoms with van der Waals surface area (Å²) in [5.74, 6) is 0.768. The van der Waals surface area contributed by atoms with Crippen LogP contribution >= 0.6 is 27.3 Å². The van der Waals surface area contributed by atoms with Gasteiger partial charge in [-0.1, -0.05) is 0 Å². The monoisotopic (exact) mass is 284 g/mol. The van der Waals surface area contributed by atoms with Crippen molar-refractivity contribution in [2.24, 2.45) is 0 Å². The maximum absolute atomic E-state index is 5.55. The molecule has 0 aliphatic carbocycles. The fraction of sp³-hybridized carbons (Fsp3) is 0.200. The quantitative estimate of drug-likeness (QED) is 0.812. The third kappa shape index (κ3) is 3.00. The van der Waals surface area contributed by atoms with Crippen LogP contribution in [0.2, 0.25) is 0 Å². The largest absolute Gasteiger partial charge is 0.486 e. The molecule has 0 spiro atoms. The highest BCUT2D eigenvalue weighted by Gasteiger charge is 1.99. The van der Waals surface area contributed by atoms with Crippen LogP contribution in [-0.4, -0.2) is 9.97 Å². The van der Waals surface area contributed by atoms with Crippen LogP contribution in [0.15, 0.2) is 29.1 Å². The predicted octanol–water partition coefficient (Wildman–Crippen LogP) is 3.19. The number of thiazole rings is 1. The zero-order chi connectivity index (χ0) is 10.7. The number of pyridine rings is 1. The lowest BCUT2D eigenvalue weighted by Crippen LogP contribution is -1.93. The summed E-state index contributed by atoms with van der Waals surface area (Å²) in [5, 5.41) is 1.06. The summed E-state index contributed by atoms with van der Waals surface area (Å²) in [5.41, 5.74) is 0. The minimum Gasteiger partial charge on any atom is -0.486 e. The zero-order valence-corrected chi connectivity index (χ0v) is 10.5. The van der Waals surface area contributed by atoms with E-state index in [0.29, 0.717) is 6.61 Å². The number of hydrogen-bond acceptors (Lipinski definition) is 4. The first-order valence-corrected chi connectivity index (χ1v) is 6.00. The number of halogens is 1. The van der Waals surface area contributed by atoms with Crippen LogP contribution < -0.4 is 4.74 Å². The Hall–Kier alpha value is -0.940. The highest BCUT2D eigenvalue weighted by atomic mass is 79.9. The molecule has 2 aromatic heterocycles. The minimum atomic E-state index is 0.550. The van der Waals surface area contributed by atoms with Crippen molar-refractivity contribution in [1.82, 2.24) is 9.97 Å². The van der Waals surface area contributed by atoms with Crippen molar-refractivity contribution in [3.8, 4) is 5.75 Å². The van der Waals surface area contributed by atoms with Gasteiger partial charge < -0.3 is 4.74 Å². The highest BCUT2D eigenvalue weighted by molar-refractivity contribution is 9.10. The number of nitrogens with zero attached hydrogens (tertiary/aromatic N) is 2. The summed E-state index contributed by atoms with van der Waals surface area (Å²) >= 11 is 4.91. The summed E-state index contributed by atoms with van der Waals surface area (Å²) in [6, 6.07) is 3.73. The molecule has 0 saturated heterocycles. The lowest BCUT2D eigenvalue weighted by atomic mass is 10.4. The third-order valence-electron chi connectivity index (χ3n) is 1.75. The van der Waals surface area contributed by atoms with Gasteiger partial charge in [-0.15, -0.1) is 11.3 Å². The van der Waals surface area contributed by atoms with E-state index < -0.39 is 0 Å². The highest BCUT2D eigenvalue weighted by Crippen LogP contribution is 2.17. The Balaban J connectivity index is 1.96. The number of rotatable bonds is 3. The van der Waals surface area contributed by atoms with Gasteiger partial charge in [0.1, 0.15) is 17.0 Å². The fourth-order valence-corrected chi connectivity index (χ4v) is 2.02. The molecule has 2 aromatic rings. The van der Waals surface area contributed by atoms with Crippen LogP contribution in [-0.2, 0) is 6.61 Å². The van der Waals surface area contributed by atoms with Crippen molar-refractivity contribution in [3.05, 3.63) is 39.0 Å². The second-order valence-corrected chi connectivity index (χ2v) is 5.08. The van der Waals surface area contributed by atoms with E-state index in [9.17, 15) is 0 Å². The molecule has 0 atom stereocenters. The molecule has 0 aliphatic heterocycles. The molecule has 0 fully saturated rings. The van der Waals surface area contributed by atoms with Gasteiger partial charge in [0.25, 0.3) is 0 Å². The molecule has 3 nitrogen and oxygen atoms in total. The van der Waals surface area contributed by atoms with Gasteiger partial charge in [0.15, 0.2) is 0 Å². The first-order chi connectivity index (χ1) is 7.24. The standard InChI is InChI=1S/C10H9BrN2OS/c1-7-12-5-9(15-7)6-14-8-2-3-10(11)13-4-8/h2-5H,6H2,1H3.